The summed E-state index contributed by atoms with van der Waals surface area (Å²) in [5.74, 6) is 0.615. The molecule has 3 heteroatoms. The smallest absolute Gasteiger partial charge is 0.0833 e. The topological polar surface area (TPSA) is 20.2 Å². The molecule has 1 aliphatic rings. The van der Waals surface area contributed by atoms with E-state index >= 15 is 0 Å². The van der Waals surface area contributed by atoms with Gasteiger partial charge >= 0.3 is 0 Å². The van der Waals surface area contributed by atoms with Crippen molar-refractivity contribution in [3.05, 3.63) is 69.2 Å². The van der Waals surface area contributed by atoms with E-state index in [-0.39, 0.29) is 0 Å². The van der Waals surface area contributed by atoms with Crippen molar-refractivity contribution in [3.8, 4) is 0 Å². The zero-order valence-electron chi connectivity index (χ0n) is 11.7. The van der Waals surface area contributed by atoms with Crippen molar-refractivity contribution >= 4 is 23.2 Å². The van der Waals surface area contributed by atoms with Crippen molar-refractivity contribution in [2.75, 3.05) is 0 Å². The lowest BCUT2D eigenvalue weighted by atomic mass is 9.77. The summed E-state index contributed by atoms with van der Waals surface area (Å²) >= 11 is 12.0. The molecule has 0 aromatic heterocycles. The molecule has 0 heterocycles. The zero-order valence-corrected chi connectivity index (χ0v) is 13.2. The second kappa shape index (κ2) is 6.39. The Balaban J connectivity index is 1.81. The fourth-order valence-electron chi connectivity index (χ4n) is 2.91. The fraction of sp³-hybridized carbons (Fsp3) is 0.333. The third-order valence-corrected chi connectivity index (χ3v) is 5.05. The Morgan fingerprint density at radius 1 is 1.05 bits per heavy atom. The van der Waals surface area contributed by atoms with E-state index in [2.05, 4.69) is 12.1 Å². The summed E-state index contributed by atoms with van der Waals surface area (Å²) in [4.78, 5) is 0. The highest BCUT2D eigenvalue weighted by Gasteiger charge is 2.24. The van der Waals surface area contributed by atoms with Crippen LogP contribution in [0.3, 0.4) is 0 Å². The van der Waals surface area contributed by atoms with Gasteiger partial charge in [-0.1, -0.05) is 60.0 Å². The lowest BCUT2D eigenvalue weighted by Crippen LogP contribution is -2.14. The number of aliphatic hydroxyl groups is 1. The van der Waals surface area contributed by atoms with Gasteiger partial charge in [-0.3, -0.25) is 0 Å². The van der Waals surface area contributed by atoms with Crippen LogP contribution in [0.15, 0.2) is 42.5 Å². The summed E-state index contributed by atoms with van der Waals surface area (Å²) in [7, 11) is 0. The van der Waals surface area contributed by atoms with E-state index in [1.54, 1.807) is 6.07 Å². The van der Waals surface area contributed by atoms with E-state index < -0.39 is 6.10 Å². The summed E-state index contributed by atoms with van der Waals surface area (Å²) in [6, 6.07) is 13.8. The van der Waals surface area contributed by atoms with Gasteiger partial charge in [-0.05, 0) is 47.6 Å². The van der Waals surface area contributed by atoms with E-state index in [4.69, 9.17) is 23.2 Å². The molecule has 0 radical (unpaired) electrons. The molecule has 0 bridgehead atoms. The van der Waals surface area contributed by atoms with Gasteiger partial charge in [0.2, 0.25) is 0 Å². The SMILES string of the molecule is OC(Cc1ccc(Cl)c(Cl)c1)c1ccccc1C1CCC1. The Morgan fingerprint density at radius 2 is 1.81 bits per heavy atom. The molecule has 2 aromatic carbocycles. The maximum atomic E-state index is 10.6. The predicted octanol–water partition coefficient (Wildman–Crippen LogP) is 5.54. The quantitative estimate of drug-likeness (QED) is 0.784. The minimum Gasteiger partial charge on any atom is -0.388 e. The third-order valence-electron chi connectivity index (χ3n) is 4.31. The van der Waals surface area contributed by atoms with Crippen LogP contribution in [0.25, 0.3) is 0 Å². The number of hydrogen-bond donors (Lipinski definition) is 1. The Hall–Kier alpha value is -1.02. The average Bonchev–Trinajstić information content (AvgIpc) is 2.42. The van der Waals surface area contributed by atoms with E-state index in [9.17, 15) is 5.11 Å². The van der Waals surface area contributed by atoms with E-state index in [1.165, 1.54) is 24.8 Å². The summed E-state index contributed by atoms with van der Waals surface area (Å²) in [5.41, 5.74) is 3.35. The van der Waals surface area contributed by atoms with Gasteiger partial charge in [0.1, 0.15) is 0 Å². The molecule has 110 valence electrons. The molecule has 1 unspecified atom stereocenters. The number of rotatable bonds is 4. The van der Waals surface area contributed by atoms with Crippen LogP contribution in [0.4, 0.5) is 0 Å². The third kappa shape index (κ3) is 3.26. The molecule has 21 heavy (non-hydrogen) atoms. The zero-order chi connectivity index (χ0) is 14.8. The lowest BCUT2D eigenvalue weighted by Gasteiger charge is -2.29. The highest BCUT2D eigenvalue weighted by atomic mass is 35.5. The van der Waals surface area contributed by atoms with Crippen molar-refractivity contribution in [1.82, 2.24) is 0 Å². The minimum atomic E-state index is -0.501. The number of hydrogen-bond acceptors (Lipinski definition) is 1. The monoisotopic (exact) mass is 320 g/mol. The highest BCUT2D eigenvalue weighted by Crippen LogP contribution is 2.40. The Labute approximate surface area is 135 Å². The first kappa shape index (κ1) is 14.9. The first-order chi connectivity index (χ1) is 10.1. The summed E-state index contributed by atoms with van der Waals surface area (Å²) in [5, 5.41) is 11.7. The van der Waals surface area contributed by atoms with Crippen LogP contribution >= 0.6 is 23.2 Å². The van der Waals surface area contributed by atoms with Gasteiger partial charge in [-0.25, -0.2) is 0 Å². The Bertz CT molecular complexity index is 635. The summed E-state index contributed by atoms with van der Waals surface area (Å²) < 4.78 is 0. The lowest BCUT2D eigenvalue weighted by molar-refractivity contribution is 0.176. The van der Waals surface area contributed by atoms with E-state index in [0.717, 1.165) is 11.1 Å². The van der Waals surface area contributed by atoms with Crippen LogP contribution in [0, 0.1) is 0 Å². The molecule has 2 aromatic rings. The van der Waals surface area contributed by atoms with Gasteiger partial charge in [0.15, 0.2) is 0 Å². The normalized spacial score (nSPS) is 16.5. The van der Waals surface area contributed by atoms with Crippen LogP contribution in [0.1, 0.15) is 48.0 Å². The maximum absolute atomic E-state index is 10.6. The fourth-order valence-corrected chi connectivity index (χ4v) is 3.23. The molecule has 0 saturated heterocycles. The molecule has 1 nitrogen and oxygen atoms in total. The number of aliphatic hydroxyl groups excluding tert-OH is 1. The van der Waals surface area contributed by atoms with Crippen molar-refractivity contribution < 1.29 is 5.11 Å². The van der Waals surface area contributed by atoms with E-state index in [1.807, 2.05) is 24.3 Å². The van der Waals surface area contributed by atoms with Gasteiger partial charge in [0, 0.05) is 6.42 Å². The van der Waals surface area contributed by atoms with Gasteiger partial charge in [-0.15, -0.1) is 0 Å². The van der Waals surface area contributed by atoms with Crippen molar-refractivity contribution in [2.24, 2.45) is 0 Å². The molecule has 1 fully saturated rings. The van der Waals surface area contributed by atoms with Crippen LogP contribution in [0.5, 0.6) is 0 Å². The van der Waals surface area contributed by atoms with E-state index in [0.29, 0.717) is 22.4 Å². The van der Waals surface area contributed by atoms with Crippen molar-refractivity contribution in [2.45, 2.75) is 37.7 Å². The molecular formula is C18H18Cl2O. The predicted molar refractivity (Wildman–Crippen MR) is 88.2 cm³/mol. The Kier molecular flexibility index (Phi) is 4.54. The van der Waals surface area contributed by atoms with Crippen molar-refractivity contribution in [3.63, 3.8) is 0 Å². The molecule has 1 saturated carbocycles. The summed E-state index contributed by atoms with van der Waals surface area (Å²) in [6.45, 7) is 0. The molecule has 0 aliphatic heterocycles. The molecule has 1 N–H and O–H groups in total. The first-order valence-corrected chi connectivity index (χ1v) is 8.11. The standard InChI is InChI=1S/C18H18Cl2O/c19-16-9-8-12(10-17(16)20)11-18(21)15-7-2-1-6-14(15)13-4-3-5-13/h1-2,6-10,13,18,21H,3-5,11H2. The molecular weight excluding hydrogens is 303 g/mol. The molecule has 1 atom stereocenters. The number of halogens is 2. The molecule has 1 aliphatic carbocycles. The van der Waals surface area contributed by atoms with Gasteiger partial charge in [-0.2, -0.15) is 0 Å². The largest absolute Gasteiger partial charge is 0.388 e. The maximum Gasteiger partial charge on any atom is 0.0833 e. The van der Waals surface area contributed by atoms with Crippen LogP contribution in [0.2, 0.25) is 10.0 Å². The van der Waals surface area contributed by atoms with Crippen molar-refractivity contribution in [1.29, 1.82) is 0 Å². The first-order valence-electron chi connectivity index (χ1n) is 7.36. The molecule has 0 spiro atoms. The number of benzene rings is 2. The van der Waals surface area contributed by atoms with Gasteiger partial charge in [0.05, 0.1) is 16.1 Å². The second-order valence-electron chi connectivity index (χ2n) is 5.73. The molecule has 3 rings (SSSR count). The van der Waals surface area contributed by atoms with Crippen LogP contribution in [-0.2, 0) is 6.42 Å². The second-order valence-corrected chi connectivity index (χ2v) is 6.54. The highest BCUT2D eigenvalue weighted by molar-refractivity contribution is 6.42. The minimum absolute atomic E-state index is 0.501. The molecule has 0 amide bonds. The summed E-state index contributed by atoms with van der Waals surface area (Å²) in [6.07, 6.45) is 3.81. The Morgan fingerprint density at radius 3 is 2.48 bits per heavy atom. The van der Waals surface area contributed by atoms with Crippen LogP contribution < -0.4 is 0 Å². The van der Waals surface area contributed by atoms with Gasteiger partial charge < -0.3 is 5.11 Å². The van der Waals surface area contributed by atoms with Gasteiger partial charge in [0.25, 0.3) is 0 Å². The average molecular weight is 321 g/mol. The van der Waals surface area contributed by atoms with Crippen LogP contribution in [-0.4, -0.2) is 5.11 Å².